The lowest BCUT2D eigenvalue weighted by molar-refractivity contribution is 0.0515. The average molecular weight is 527 g/mol. The van der Waals surface area contributed by atoms with Gasteiger partial charge in [0, 0.05) is 56.9 Å². The van der Waals surface area contributed by atoms with E-state index < -0.39 is 0 Å². The van der Waals surface area contributed by atoms with Crippen LogP contribution in [0.2, 0.25) is 0 Å². The monoisotopic (exact) mass is 526 g/mol. The molecule has 200 valence electrons. The van der Waals surface area contributed by atoms with Gasteiger partial charge in [-0.1, -0.05) is 12.1 Å². The van der Waals surface area contributed by atoms with Crippen LogP contribution in [0.25, 0.3) is 0 Å². The number of aromatic nitrogens is 2. The summed E-state index contributed by atoms with van der Waals surface area (Å²) in [6.07, 6.45) is 9.00. The molecule has 0 radical (unpaired) electrons. The largest absolute Gasteiger partial charge is 0.381 e. The molecule has 7 nitrogen and oxygen atoms in total. The van der Waals surface area contributed by atoms with Gasteiger partial charge in [-0.2, -0.15) is 9.97 Å². The van der Waals surface area contributed by atoms with Crippen molar-refractivity contribution < 1.29 is 9.13 Å². The molecule has 1 aromatic carbocycles. The highest BCUT2D eigenvalue weighted by Crippen LogP contribution is 2.34. The first-order chi connectivity index (χ1) is 18.0. The van der Waals surface area contributed by atoms with Crippen LogP contribution in [0.4, 0.5) is 22.0 Å². The molecule has 2 aromatic rings. The molecule has 3 fully saturated rings. The molecule has 3 aliphatic heterocycles. The van der Waals surface area contributed by atoms with Gasteiger partial charge in [-0.05, 0) is 88.2 Å². The number of hydrogen-bond donors (Lipinski definition) is 2. The summed E-state index contributed by atoms with van der Waals surface area (Å²) in [5.74, 6) is 2.26. The third kappa shape index (κ3) is 6.32. The number of benzene rings is 1. The van der Waals surface area contributed by atoms with Crippen LogP contribution in [-0.2, 0) is 10.2 Å². The van der Waals surface area contributed by atoms with E-state index in [9.17, 15) is 4.39 Å². The predicted molar refractivity (Wildman–Crippen MR) is 151 cm³/mol. The molecule has 1 atom stereocenters. The van der Waals surface area contributed by atoms with E-state index in [1.165, 1.54) is 50.7 Å². The molecule has 0 saturated carbocycles. The summed E-state index contributed by atoms with van der Waals surface area (Å²) in [6, 6.07) is 9.45. The van der Waals surface area contributed by atoms with Gasteiger partial charge in [0.15, 0.2) is 5.11 Å². The SMILES string of the molecule is C[C@@H]1CCCCN1c1cc(N2CCCCC2)nc(NC(=S)NCC2(c3ccc(F)cc3)CCOCC2)n1. The maximum absolute atomic E-state index is 13.6. The van der Waals surface area contributed by atoms with Crippen LogP contribution in [-0.4, -0.2) is 60.5 Å². The Morgan fingerprint density at radius 2 is 1.73 bits per heavy atom. The van der Waals surface area contributed by atoms with Gasteiger partial charge in [-0.3, -0.25) is 0 Å². The minimum Gasteiger partial charge on any atom is -0.381 e. The number of nitrogens with zero attached hydrogens (tertiary/aromatic N) is 4. The van der Waals surface area contributed by atoms with Gasteiger partial charge in [0.1, 0.15) is 17.5 Å². The number of nitrogens with one attached hydrogen (secondary N) is 2. The van der Waals surface area contributed by atoms with Gasteiger partial charge in [0.2, 0.25) is 5.95 Å². The second-order valence-corrected chi connectivity index (χ2v) is 11.1. The normalized spacial score (nSPS) is 21.9. The van der Waals surface area contributed by atoms with Gasteiger partial charge in [0.25, 0.3) is 0 Å². The molecule has 0 unspecified atom stereocenters. The summed E-state index contributed by atoms with van der Waals surface area (Å²) >= 11 is 5.73. The van der Waals surface area contributed by atoms with Crippen LogP contribution in [0.5, 0.6) is 0 Å². The van der Waals surface area contributed by atoms with Crippen molar-refractivity contribution in [2.45, 2.75) is 69.7 Å². The molecule has 2 N–H and O–H groups in total. The highest BCUT2D eigenvalue weighted by atomic mass is 32.1. The van der Waals surface area contributed by atoms with Gasteiger partial charge < -0.3 is 25.2 Å². The van der Waals surface area contributed by atoms with Crippen molar-refractivity contribution in [2.24, 2.45) is 0 Å². The van der Waals surface area contributed by atoms with Gasteiger partial charge in [-0.25, -0.2) is 4.39 Å². The molecule has 0 aliphatic carbocycles. The summed E-state index contributed by atoms with van der Waals surface area (Å²) in [5.41, 5.74) is 0.944. The number of ether oxygens (including phenoxy) is 1. The lowest BCUT2D eigenvalue weighted by Crippen LogP contribution is -2.45. The van der Waals surface area contributed by atoms with Gasteiger partial charge in [0.05, 0.1) is 0 Å². The van der Waals surface area contributed by atoms with Crippen molar-refractivity contribution in [1.82, 2.24) is 15.3 Å². The molecule has 1 aromatic heterocycles. The second-order valence-electron chi connectivity index (χ2n) is 10.7. The number of thiocarbonyl (C=S) groups is 1. The first-order valence-corrected chi connectivity index (χ1v) is 14.2. The van der Waals surface area contributed by atoms with Crippen LogP contribution in [0.1, 0.15) is 63.9 Å². The van der Waals surface area contributed by atoms with Gasteiger partial charge in [-0.15, -0.1) is 0 Å². The minimum atomic E-state index is -0.222. The van der Waals surface area contributed by atoms with E-state index >= 15 is 0 Å². The molecule has 3 saturated heterocycles. The topological polar surface area (TPSA) is 65.5 Å². The Bertz CT molecular complexity index is 1060. The molecule has 0 bridgehead atoms. The first-order valence-electron chi connectivity index (χ1n) is 13.8. The number of rotatable bonds is 6. The summed E-state index contributed by atoms with van der Waals surface area (Å²) in [5, 5.41) is 7.21. The Morgan fingerprint density at radius 3 is 2.46 bits per heavy atom. The van der Waals surface area contributed by atoms with E-state index in [1.54, 1.807) is 0 Å². The second kappa shape index (κ2) is 11.9. The standard InChI is InChI=1S/C28H39FN6OS/c1-21-7-3-6-16-35(21)25-19-24(34-14-4-2-5-15-34)31-26(32-25)33-27(37)30-20-28(12-17-36-18-13-28)22-8-10-23(29)11-9-22/h8-11,19,21H,2-7,12-18,20H2,1H3,(H2,30,31,32,33,37)/t21-/m1/s1. The molecule has 37 heavy (non-hydrogen) atoms. The average Bonchev–Trinajstić information content (AvgIpc) is 2.93. The number of hydrogen-bond acceptors (Lipinski definition) is 6. The van der Waals surface area contributed by atoms with E-state index in [0.717, 1.165) is 49.7 Å². The highest BCUT2D eigenvalue weighted by molar-refractivity contribution is 7.80. The smallest absolute Gasteiger partial charge is 0.232 e. The maximum Gasteiger partial charge on any atom is 0.232 e. The Labute approximate surface area is 225 Å². The van der Waals surface area contributed by atoms with Crippen molar-refractivity contribution in [2.75, 3.05) is 54.5 Å². The summed E-state index contributed by atoms with van der Waals surface area (Å²) in [7, 11) is 0. The maximum atomic E-state index is 13.6. The lowest BCUT2D eigenvalue weighted by Gasteiger charge is -2.38. The molecule has 4 heterocycles. The zero-order valence-corrected chi connectivity index (χ0v) is 22.7. The zero-order chi connectivity index (χ0) is 25.7. The molecule has 0 spiro atoms. The Hall–Kier alpha value is -2.52. The summed E-state index contributed by atoms with van der Waals surface area (Å²) in [4.78, 5) is 14.6. The third-order valence-corrected chi connectivity index (χ3v) is 8.44. The Kier molecular flexibility index (Phi) is 8.39. The third-order valence-electron chi connectivity index (χ3n) is 8.20. The fourth-order valence-corrected chi connectivity index (χ4v) is 6.04. The Morgan fingerprint density at radius 1 is 1.03 bits per heavy atom. The zero-order valence-electron chi connectivity index (χ0n) is 21.8. The molecule has 5 rings (SSSR count). The molecule has 9 heteroatoms. The minimum absolute atomic E-state index is 0.164. The van der Waals surface area contributed by atoms with E-state index in [1.807, 2.05) is 12.1 Å². The van der Waals surface area contributed by atoms with Crippen molar-refractivity contribution in [3.63, 3.8) is 0 Å². The fourth-order valence-electron chi connectivity index (χ4n) is 5.88. The molecule has 3 aliphatic rings. The van der Waals surface area contributed by atoms with E-state index in [4.69, 9.17) is 26.9 Å². The summed E-state index contributed by atoms with van der Waals surface area (Å²) < 4.78 is 19.2. The van der Waals surface area contributed by atoms with E-state index in [2.05, 4.69) is 33.4 Å². The number of piperidine rings is 2. The van der Waals surface area contributed by atoms with Crippen molar-refractivity contribution >= 4 is 34.9 Å². The van der Waals surface area contributed by atoms with Crippen molar-refractivity contribution in [3.05, 3.63) is 41.7 Å². The molecule has 0 amide bonds. The fraction of sp³-hybridized carbons (Fsp3) is 0.607. The lowest BCUT2D eigenvalue weighted by atomic mass is 9.74. The van der Waals surface area contributed by atoms with Crippen LogP contribution >= 0.6 is 12.2 Å². The van der Waals surface area contributed by atoms with Crippen LogP contribution in [0.15, 0.2) is 30.3 Å². The Balaban J connectivity index is 1.33. The first kappa shape index (κ1) is 26.1. The van der Waals surface area contributed by atoms with Crippen molar-refractivity contribution in [3.8, 4) is 0 Å². The quantitative estimate of drug-likeness (QED) is 0.509. The number of anilines is 3. The predicted octanol–water partition coefficient (Wildman–Crippen LogP) is 5.02. The van der Waals surface area contributed by atoms with Crippen LogP contribution in [0.3, 0.4) is 0 Å². The number of halogens is 1. The molecular weight excluding hydrogens is 487 g/mol. The van der Waals surface area contributed by atoms with Crippen LogP contribution in [0, 0.1) is 5.82 Å². The molecular formula is C28H39FN6OS. The summed E-state index contributed by atoms with van der Waals surface area (Å²) in [6.45, 7) is 7.34. The van der Waals surface area contributed by atoms with Crippen LogP contribution < -0.4 is 20.4 Å². The van der Waals surface area contributed by atoms with Crippen molar-refractivity contribution in [1.29, 1.82) is 0 Å². The van der Waals surface area contributed by atoms with E-state index in [-0.39, 0.29) is 11.2 Å². The van der Waals surface area contributed by atoms with Gasteiger partial charge >= 0.3 is 0 Å². The van der Waals surface area contributed by atoms with E-state index in [0.29, 0.717) is 36.9 Å². The highest BCUT2D eigenvalue weighted by Gasteiger charge is 2.34.